The van der Waals surface area contributed by atoms with Gasteiger partial charge in [-0.05, 0) is 56.6 Å². The van der Waals surface area contributed by atoms with Crippen LogP contribution in [0.15, 0.2) is 22.7 Å². The molecule has 2 rings (SSSR count). The molecule has 1 aromatic rings. The van der Waals surface area contributed by atoms with Gasteiger partial charge in [0.1, 0.15) is 0 Å². The van der Waals surface area contributed by atoms with E-state index in [1.807, 2.05) is 23.1 Å². The summed E-state index contributed by atoms with van der Waals surface area (Å²) >= 11 is 5.69. The lowest BCUT2D eigenvalue weighted by Gasteiger charge is -2.37. The number of rotatable bonds is 1. The predicted molar refractivity (Wildman–Crippen MR) is 71.9 cm³/mol. The third-order valence-electron chi connectivity index (χ3n) is 2.53. The van der Waals surface area contributed by atoms with Crippen LogP contribution in [0.3, 0.4) is 0 Å². The van der Waals surface area contributed by atoms with Gasteiger partial charge in [-0.2, -0.15) is 0 Å². The van der Waals surface area contributed by atoms with Gasteiger partial charge < -0.3 is 4.90 Å². The molecule has 0 saturated carbocycles. The van der Waals surface area contributed by atoms with E-state index in [9.17, 15) is 4.79 Å². The number of likely N-dealkylation sites (tertiary alicyclic amines) is 1. The molecule has 0 aliphatic carbocycles. The number of hydrogen-bond donors (Lipinski definition) is 0. The molecule has 0 radical (unpaired) electrons. The van der Waals surface area contributed by atoms with Crippen LogP contribution in [0.2, 0.25) is 0 Å². The number of nitrogens with zero attached hydrogens (tertiary/aromatic N) is 1. The molecule has 0 bridgehead atoms. The Bertz CT molecular complexity index is 402. The van der Waals surface area contributed by atoms with Crippen LogP contribution in [0.5, 0.6) is 0 Å². The van der Waals surface area contributed by atoms with Gasteiger partial charge in [0, 0.05) is 21.1 Å². The first-order valence-corrected chi connectivity index (χ1v) is 6.70. The molecule has 0 atom stereocenters. The second-order valence-electron chi connectivity index (χ2n) is 3.92. The summed E-state index contributed by atoms with van der Waals surface area (Å²) in [6, 6.07) is 5.78. The maximum Gasteiger partial charge on any atom is 0.255 e. The first kappa shape index (κ1) is 11.4. The number of carbonyl (C=O) groups excluding carboxylic acids is 1. The Morgan fingerprint density at radius 3 is 2.80 bits per heavy atom. The summed E-state index contributed by atoms with van der Waals surface area (Å²) in [6.45, 7) is 3.93. The maximum atomic E-state index is 12.0. The van der Waals surface area contributed by atoms with Gasteiger partial charge in [0.05, 0.1) is 5.56 Å². The Kier molecular flexibility index (Phi) is 3.35. The summed E-state index contributed by atoms with van der Waals surface area (Å²) < 4.78 is 1.99. The fourth-order valence-electron chi connectivity index (χ4n) is 1.70. The molecule has 0 aromatic heterocycles. The minimum atomic E-state index is 0.137. The van der Waals surface area contributed by atoms with Crippen LogP contribution in [0.1, 0.15) is 17.3 Å². The maximum absolute atomic E-state index is 12.0. The van der Waals surface area contributed by atoms with E-state index in [0.29, 0.717) is 5.92 Å². The molecule has 80 valence electrons. The fraction of sp³-hybridized carbons (Fsp3) is 0.364. The van der Waals surface area contributed by atoms with Crippen LogP contribution in [0, 0.1) is 9.49 Å². The van der Waals surface area contributed by atoms with Crippen molar-refractivity contribution in [2.24, 2.45) is 5.92 Å². The lowest BCUT2D eigenvalue weighted by molar-refractivity contribution is 0.0529. The second kappa shape index (κ2) is 4.41. The Balaban J connectivity index is 2.22. The quantitative estimate of drug-likeness (QED) is 0.686. The van der Waals surface area contributed by atoms with Crippen molar-refractivity contribution in [2.75, 3.05) is 13.1 Å². The largest absolute Gasteiger partial charge is 0.338 e. The third-order valence-corrected chi connectivity index (χ3v) is 5.03. The Hall–Kier alpha value is -0.100. The summed E-state index contributed by atoms with van der Waals surface area (Å²) in [5.74, 6) is 0.786. The third kappa shape index (κ3) is 2.20. The van der Waals surface area contributed by atoms with E-state index < -0.39 is 0 Å². The molecule has 1 aliphatic heterocycles. The highest BCUT2D eigenvalue weighted by Crippen LogP contribution is 2.26. The lowest BCUT2D eigenvalue weighted by Crippen LogP contribution is -2.48. The molecule has 1 aromatic carbocycles. The standard InChI is InChI=1S/C11H11BrINO/c1-7-5-14(6-7)11(15)8-3-2-4-9(13)10(8)12/h2-4,7H,5-6H2,1H3. The normalized spacial score (nSPS) is 16.3. The molecule has 0 spiro atoms. The van der Waals surface area contributed by atoms with Crippen LogP contribution in [-0.2, 0) is 0 Å². The lowest BCUT2D eigenvalue weighted by atomic mass is 10.0. The number of halogens is 2. The van der Waals surface area contributed by atoms with E-state index in [1.54, 1.807) is 0 Å². The summed E-state index contributed by atoms with van der Waals surface area (Å²) in [5.41, 5.74) is 0.772. The van der Waals surface area contributed by atoms with Gasteiger partial charge in [0.15, 0.2) is 0 Å². The highest BCUT2D eigenvalue weighted by atomic mass is 127. The zero-order chi connectivity index (χ0) is 11.0. The molecule has 1 saturated heterocycles. The molecule has 1 amide bonds. The summed E-state index contributed by atoms with van der Waals surface area (Å²) in [6.07, 6.45) is 0. The Morgan fingerprint density at radius 1 is 1.53 bits per heavy atom. The first-order valence-electron chi connectivity index (χ1n) is 4.83. The molecule has 4 heteroatoms. The topological polar surface area (TPSA) is 20.3 Å². The van der Waals surface area contributed by atoms with Crippen molar-refractivity contribution in [1.29, 1.82) is 0 Å². The van der Waals surface area contributed by atoms with Crippen LogP contribution in [0.25, 0.3) is 0 Å². The minimum Gasteiger partial charge on any atom is -0.338 e. The van der Waals surface area contributed by atoms with E-state index in [2.05, 4.69) is 45.4 Å². The van der Waals surface area contributed by atoms with Crippen LogP contribution >= 0.6 is 38.5 Å². The smallest absolute Gasteiger partial charge is 0.255 e. The van der Waals surface area contributed by atoms with Crippen molar-refractivity contribution in [2.45, 2.75) is 6.92 Å². The average molecular weight is 380 g/mol. The Morgan fingerprint density at radius 2 is 2.20 bits per heavy atom. The fourth-order valence-corrected chi connectivity index (χ4v) is 2.64. The highest BCUT2D eigenvalue weighted by Gasteiger charge is 2.28. The van der Waals surface area contributed by atoms with Gasteiger partial charge in [-0.3, -0.25) is 4.79 Å². The monoisotopic (exact) mass is 379 g/mol. The predicted octanol–water partition coefficient (Wildman–Crippen LogP) is 3.15. The molecule has 1 heterocycles. The van der Waals surface area contributed by atoms with Gasteiger partial charge in [-0.1, -0.05) is 13.0 Å². The molecule has 2 nitrogen and oxygen atoms in total. The zero-order valence-electron chi connectivity index (χ0n) is 8.34. The van der Waals surface area contributed by atoms with Crippen molar-refractivity contribution in [3.05, 3.63) is 31.8 Å². The molecule has 15 heavy (non-hydrogen) atoms. The van der Waals surface area contributed by atoms with E-state index in [1.165, 1.54) is 0 Å². The highest BCUT2D eigenvalue weighted by molar-refractivity contribution is 14.1. The summed E-state index contributed by atoms with van der Waals surface area (Å²) in [4.78, 5) is 13.9. The van der Waals surface area contributed by atoms with Crippen molar-refractivity contribution >= 4 is 44.4 Å². The van der Waals surface area contributed by atoms with Crippen molar-refractivity contribution in [3.63, 3.8) is 0 Å². The molecular weight excluding hydrogens is 369 g/mol. The van der Waals surface area contributed by atoms with Crippen LogP contribution in [0.4, 0.5) is 0 Å². The number of carbonyl (C=O) groups is 1. The Labute approximate surface area is 111 Å². The van der Waals surface area contributed by atoms with Crippen LogP contribution < -0.4 is 0 Å². The van der Waals surface area contributed by atoms with Crippen molar-refractivity contribution in [3.8, 4) is 0 Å². The number of amides is 1. The van der Waals surface area contributed by atoms with E-state index in [-0.39, 0.29) is 5.91 Å². The van der Waals surface area contributed by atoms with Gasteiger partial charge in [0.2, 0.25) is 0 Å². The van der Waals surface area contributed by atoms with Crippen molar-refractivity contribution < 1.29 is 4.79 Å². The van der Waals surface area contributed by atoms with Gasteiger partial charge in [0.25, 0.3) is 5.91 Å². The van der Waals surface area contributed by atoms with Crippen LogP contribution in [-0.4, -0.2) is 23.9 Å². The number of hydrogen-bond acceptors (Lipinski definition) is 1. The first-order chi connectivity index (χ1) is 7.09. The molecule has 1 fully saturated rings. The van der Waals surface area contributed by atoms with Gasteiger partial charge in [-0.15, -0.1) is 0 Å². The van der Waals surface area contributed by atoms with Crippen molar-refractivity contribution in [1.82, 2.24) is 4.90 Å². The second-order valence-corrected chi connectivity index (χ2v) is 5.87. The molecular formula is C11H11BrINO. The SMILES string of the molecule is CC1CN(C(=O)c2cccc(I)c2Br)C1. The van der Waals surface area contributed by atoms with Gasteiger partial charge in [-0.25, -0.2) is 0 Å². The van der Waals surface area contributed by atoms with E-state index in [0.717, 1.165) is 26.7 Å². The summed E-state index contributed by atoms with van der Waals surface area (Å²) in [5, 5.41) is 0. The molecule has 0 N–H and O–H groups in total. The van der Waals surface area contributed by atoms with E-state index >= 15 is 0 Å². The van der Waals surface area contributed by atoms with Gasteiger partial charge >= 0.3 is 0 Å². The van der Waals surface area contributed by atoms with E-state index in [4.69, 9.17) is 0 Å². The minimum absolute atomic E-state index is 0.137. The molecule has 0 unspecified atom stereocenters. The molecule has 1 aliphatic rings. The summed E-state index contributed by atoms with van der Waals surface area (Å²) in [7, 11) is 0. The number of benzene rings is 1. The zero-order valence-corrected chi connectivity index (χ0v) is 12.1. The average Bonchev–Trinajstić information content (AvgIpc) is 2.16.